The van der Waals surface area contributed by atoms with Gasteiger partial charge in [-0.05, 0) is 44.0 Å². The maximum absolute atomic E-state index is 12.1. The summed E-state index contributed by atoms with van der Waals surface area (Å²) in [4.78, 5) is 22.6. The van der Waals surface area contributed by atoms with Crippen LogP contribution in [0.1, 0.15) is 22.3 Å². The van der Waals surface area contributed by atoms with Gasteiger partial charge < -0.3 is 5.32 Å². The highest BCUT2D eigenvalue weighted by atomic mass is 16.6. The predicted molar refractivity (Wildman–Crippen MR) is 91.4 cm³/mol. The van der Waals surface area contributed by atoms with Crippen molar-refractivity contribution in [1.29, 1.82) is 0 Å². The number of hydrogen-bond acceptors (Lipinski definition) is 3. The van der Waals surface area contributed by atoms with E-state index >= 15 is 0 Å². The number of benzene rings is 2. The van der Waals surface area contributed by atoms with Gasteiger partial charge in [-0.25, -0.2) is 0 Å². The summed E-state index contributed by atoms with van der Waals surface area (Å²) < 4.78 is 0. The fourth-order valence-electron chi connectivity index (χ4n) is 2.50. The van der Waals surface area contributed by atoms with E-state index in [4.69, 9.17) is 0 Å². The fraction of sp³-hybridized carbons (Fsp3) is 0.167. The minimum Gasteiger partial charge on any atom is -0.322 e. The predicted octanol–water partition coefficient (Wildman–Crippen LogP) is 4.17. The molecule has 0 saturated carbocycles. The Morgan fingerprint density at radius 2 is 1.74 bits per heavy atom. The van der Waals surface area contributed by atoms with Crippen LogP contribution in [-0.4, -0.2) is 10.8 Å². The zero-order valence-corrected chi connectivity index (χ0v) is 13.3. The Kier molecular flexibility index (Phi) is 4.91. The van der Waals surface area contributed by atoms with E-state index in [9.17, 15) is 14.9 Å². The number of carbonyl (C=O) groups is 1. The van der Waals surface area contributed by atoms with Crippen molar-refractivity contribution in [2.24, 2.45) is 0 Å². The molecule has 0 spiro atoms. The Morgan fingerprint density at radius 1 is 1.13 bits per heavy atom. The molecule has 0 aromatic heterocycles. The van der Waals surface area contributed by atoms with E-state index in [-0.39, 0.29) is 11.6 Å². The van der Waals surface area contributed by atoms with Gasteiger partial charge in [0.15, 0.2) is 0 Å². The van der Waals surface area contributed by atoms with Gasteiger partial charge in [0.2, 0.25) is 5.91 Å². The van der Waals surface area contributed by atoms with Crippen LogP contribution in [0.5, 0.6) is 0 Å². The molecule has 0 fully saturated rings. The van der Waals surface area contributed by atoms with Crippen molar-refractivity contribution < 1.29 is 9.72 Å². The highest BCUT2D eigenvalue weighted by molar-refractivity contribution is 6.03. The van der Waals surface area contributed by atoms with Crippen LogP contribution in [0, 0.1) is 30.9 Å². The summed E-state index contributed by atoms with van der Waals surface area (Å²) in [5, 5.41) is 13.8. The van der Waals surface area contributed by atoms with Crippen molar-refractivity contribution in [3.05, 3.63) is 74.8 Å². The number of rotatable bonds is 4. The van der Waals surface area contributed by atoms with Crippen molar-refractivity contribution in [2.45, 2.75) is 20.8 Å². The number of aryl methyl sites for hydroxylation is 3. The summed E-state index contributed by atoms with van der Waals surface area (Å²) in [6.45, 7) is 5.86. The summed E-state index contributed by atoms with van der Waals surface area (Å²) in [7, 11) is 0. The van der Waals surface area contributed by atoms with E-state index in [0.29, 0.717) is 5.56 Å². The van der Waals surface area contributed by atoms with Gasteiger partial charge in [0.25, 0.3) is 5.69 Å². The number of nitrogens with zero attached hydrogens (tertiary/aromatic N) is 1. The van der Waals surface area contributed by atoms with E-state index in [2.05, 4.69) is 5.32 Å². The maximum atomic E-state index is 12.1. The second kappa shape index (κ2) is 6.87. The molecule has 0 aliphatic rings. The summed E-state index contributed by atoms with van der Waals surface area (Å²) in [5.74, 6) is -0.321. The second-order valence-corrected chi connectivity index (χ2v) is 5.41. The SMILES string of the molecule is Cc1cc(C)c(NC(=O)/C=C/c2ccccc2[N+](=O)[O-])c(C)c1. The quantitative estimate of drug-likeness (QED) is 0.523. The molecule has 1 N–H and O–H groups in total. The summed E-state index contributed by atoms with van der Waals surface area (Å²) in [6, 6.07) is 10.3. The van der Waals surface area contributed by atoms with Gasteiger partial charge in [0, 0.05) is 17.8 Å². The molecule has 0 bridgehead atoms. The average Bonchev–Trinajstić information content (AvgIpc) is 2.49. The third-order valence-electron chi connectivity index (χ3n) is 3.47. The van der Waals surface area contributed by atoms with Crippen LogP contribution in [-0.2, 0) is 4.79 Å². The lowest BCUT2D eigenvalue weighted by Gasteiger charge is -2.11. The van der Waals surface area contributed by atoms with E-state index in [1.807, 2.05) is 32.9 Å². The number of amides is 1. The number of nitro benzene ring substituents is 1. The molecule has 0 saturated heterocycles. The zero-order chi connectivity index (χ0) is 17.0. The molecule has 5 nitrogen and oxygen atoms in total. The first-order valence-corrected chi connectivity index (χ1v) is 7.19. The highest BCUT2D eigenvalue weighted by Gasteiger charge is 2.10. The van der Waals surface area contributed by atoms with Crippen molar-refractivity contribution >= 4 is 23.4 Å². The minimum atomic E-state index is -0.466. The molecule has 0 radical (unpaired) electrons. The van der Waals surface area contributed by atoms with Gasteiger partial charge in [0.05, 0.1) is 10.5 Å². The van der Waals surface area contributed by atoms with Crippen LogP contribution >= 0.6 is 0 Å². The lowest BCUT2D eigenvalue weighted by Crippen LogP contribution is -2.10. The fourth-order valence-corrected chi connectivity index (χ4v) is 2.50. The van der Waals surface area contributed by atoms with Crippen molar-refractivity contribution in [1.82, 2.24) is 0 Å². The molecule has 5 heteroatoms. The second-order valence-electron chi connectivity index (χ2n) is 5.41. The normalized spacial score (nSPS) is 10.7. The molecule has 0 atom stereocenters. The first-order valence-electron chi connectivity index (χ1n) is 7.19. The Bertz CT molecular complexity index is 772. The van der Waals surface area contributed by atoms with E-state index in [1.165, 1.54) is 18.2 Å². The van der Waals surface area contributed by atoms with Gasteiger partial charge in [-0.3, -0.25) is 14.9 Å². The van der Waals surface area contributed by atoms with Crippen LogP contribution in [0.4, 0.5) is 11.4 Å². The van der Waals surface area contributed by atoms with E-state index in [0.717, 1.165) is 22.4 Å². The summed E-state index contributed by atoms with van der Waals surface area (Å²) in [5.41, 5.74) is 4.23. The Morgan fingerprint density at radius 3 is 2.35 bits per heavy atom. The first kappa shape index (κ1) is 16.4. The molecule has 0 heterocycles. The highest BCUT2D eigenvalue weighted by Crippen LogP contribution is 2.22. The lowest BCUT2D eigenvalue weighted by molar-refractivity contribution is -0.385. The van der Waals surface area contributed by atoms with Crippen LogP contribution in [0.25, 0.3) is 6.08 Å². The molecular weight excluding hydrogens is 292 g/mol. The Hall–Kier alpha value is -2.95. The molecule has 2 aromatic carbocycles. The van der Waals surface area contributed by atoms with E-state index < -0.39 is 4.92 Å². The van der Waals surface area contributed by atoms with Gasteiger partial charge in [-0.15, -0.1) is 0 Å². The van der Waals surface area contributed by atoms with Crippen LogP contribution < -0.4 is 5.32 Å². The summed E-state index contributed by atoms with van der Waals surface area (Å²) in [6.07, 6.45) is 2.76. The smallest absolute Gasteiger partial charge is 0.276 e. The molecule has 2 rings (SSSR count). The number of carbonyl (C=O) groups excluding carboxylic acids is 1. The number of nitro groups is 1. The third-order valence-corrected chi connectivity index (χ3v) is 3.47. The standard InChI is InChI=1S/C18H18N2O3/c1-12-10-13(2)18(14(3)11-12)19-17(21)9-8-15-6-4-5-7-16(15)20(22)23/h4-11H,1-3H3,(H,19,21)/b9-8+. The Balaban J connectivity index is 2.19. The van der Waals surface area contributed by atoms with Gasteiger partial charge in [0.1, 0.15) is 0 Å². The van der Waals surface area contributed by atoms with Crippen LogP contribution in [0.3, 0.4) is 0 Å². The summed E-state index contributed by atoms with van der Waals surface area (Å²) >= 11 is 0. The van der Waals surface area contributed by atoms with Gasteiger partial charge in [-0.1, -0.05) is 29.8 Å². The molecule has 0 aliphatic heterocycles. The average molecular weight is 310 g/mol. The molecule has 23 heavy (non-hydrogen) atoms. The maximum Gasteiger partial charge on any atom is 0.276 e. The molecule has 0 aliphatic carbocycles. The molecular formula is C18H18N2O3. The number of hydrogen-bond donors (Lipinski definition) is 1. The molecule has 1 amide bonds. The van der Waals surface area contributed by atoms with Crippen molar-refractivity contribution in [3.8, 4) is 0 Å². The molecule has 0 unspecified atom stereocenters. The van der Waals surface area contributed by atoms with Crippen molar-refractivity contribution in [3.63, 3.8) is 0 Å². The van der Waals surface area contributed by atoms with Crippen LogP contribution in [0.15, 0.2) is 42.5 Å². The van der Waals surface area contributed by atoms with Gasteiger partial charge >= 0.3 is 0 Å². The van der Waals surface area contributed by atoms with Crippen molar-refractivity contribution in [2.75, 3.05) is 5.32 Å². The molecule has 2 aromatic rings. The topological polar surface area (TPSA) is 72.2 Å². The largest absolute Gasteiger partial charge is 0.322 e. The van der Waals surface area contributed by atoms with Gasteiger partial charge in [-0.2, -0.15) is 0 Å². The third kappa shape index (κ3) is 4.03. The number of anilines is 1. The Labute approximate surface area is 134 Å². The first-order chi connectivity index (χ1) is 10.9. The lowest BCUT2D eigenvalue weighted by atomic mass is 10.1. The monoisotopic (exact) mass is 310 g/mol. The molecule has 118 valence electrons. The van der Waals surface area contributed by atoms with Crippen LogP contribution in [0.2, 0.25) is 0 Å². The zero-order valence-electron chi connectivity index (χ0n) is 13.3. The number of nitrogens with one attached hydrogen (secondary N) is 1. The minimum absolute atomic E-state index is 0.0285. The number of para-hydroxylation sites is 1. The van der Waals surface area contributed by atoms with E-state index in [1.54, 1.807) is 18.2 Å².